The number of hydrogen-bond acceptors (Lipinski definition) is 4. The molecule has 0 aromatic heterocycles. The van der Waals surface area contributed by atoms with Gasteiger partial charge in [-0.25, -0.2) is 4.79 Å². The zero-order valence-corrected chi connectivity index (χ0v) is 23.6. The Labute approximate surface area is 227 Å². The van der Waals surface area contributed by atoms with Crippen molar-refractivity contribution < 1.29 is 19.1 Å². The topological polar surface area (TPSA) is 55.8 Å². The van der Waals surface area contributed by atoms with Crippen LogP contribution in [0.4, 0.5) is 4.79 Å². The highest BCUT2D eigenvalue weighted by atomic mass is 16.6. The van der Waals surface area contributed by atoms with Crippen LogP contribution in [0.1, 0.15) is 89.5 Å². The van der Waals surface area contributed by atoms with E-state index in [0.717, 1.165) is 35.8 Å². The molecule has 5 heteroatoms. The van der Waals surface area contributed by atoms with Crippen molar-refractivity contribution in [2.24, 2.45) is 0 Å². The number of carbonyl (C=O) groups excluding carboxylic acids is 2. The van der Waals surface area contributed by atoms with Gasteiger partial charge in [0, 0.05) is 6.04 Å². The fourth-order valence-corrected chi connectivity index (χ4v) is 5.59. The molecule has 3 aromatic carbocycles. The SMILES string of the molecule is CC(C)OC(=O)Cc1ccc([C@@H]2CC[C@H](N(C(=O)OC(C)(C)C)[C@H](C)c3cccc4ccccc34)C2)cc1. The van der Waals surface area contributed by atoms with Crippen molar-refractivity contribution in [1.29, 1.82) is 0 Å². The van der Waals surface area contributed by atoms with Crippen molar-refractivity contribution >= 4 is 22.8 Å². The van der Waals surface area contributed by atoms with Crippen molar-refractivity contribution in [2.45, 2.75) is 96.9 Å². The van der Waals surface area contributed by atoms with Gasteiger partial charge in [-0.2, -0.15) is 0 Å². The van der Waals surface area contributed by atoms with E-state index in [9.17, 15) is 9.59 Å². The largest absolute Gasteiger partial charge is 0.463 e. The Kier molecular flexibility index (Phi) is 8.44. The highest BCUT2D eigenvalue weighted by Crippen LogP contribution is 2.41. The molecule has 0 saturated heterocycles. The van der Waals surface area contributed by atoms with Crippen LogP contribution in [0.3, 0.4) is 0 Å². The quantitative estimate of drug-likeness (QED) is 0.299. The first kappa shape index (κ1) is 27.7. The van der Waals surface area contributed by atoms with Crippen LogP contribution in [0.5, 0.6) is 0 Å². The molecule has 1 saturated carbocycles. The summed E-state index contributed by atoms with van der Waals surface area (Å²) in [6, 6.07) is 22.9. The minimum Gasteiger partial charge on any atom is -0.463 e. The van der Waals surface area contributed by atoms with Crippen LogP contribution in [0.15, 0.2) is 66.7 Å². The standard InChI is InChI=1S/C33H41NO4/c1-22(2)37-31(35)20-24-14-16-25(17-15-24)27-18-19-28(21-27)34(32(36)38-33(4,5)6)23(3)29-13-9-11-26-10-7-8-12-30(26)29/h7-17,22-23,27-28H,18-21H2,1-6H3/t23-,27-,28+/m1/s1. The predicted molar refractivity (Wildman–Crippen MR) is 152 cm³/mol. The number of nitrogens with zero attached hydrogens (tertiary/aromatic N) is 1. The molecule has 1 aliphatic rings. The molecule has 0 aliphatic heterocycles. The highest BCUT2D eigenvalue weighted by molar-refractivity contribution is 5.86. The molecule has 1 amide bonds. The lowest BCUT2D eigenvalue weighted by Crippen LogP contribution is -2.44. The highest BCUT2D eigenvalue weighted by Gasteiger charge is 2.38. The van der Waals surface area contributed by atoms with E-state index in [1.165, 1.54) is 10.9 Å². The number of hydrogen-bond donors (Lipinski definition) is 0. The van der Waals surface area contributed by atoms with Crippen molar-refractivity contribution in [3.8, 4) is 0 Å². The fourth-order valence-electron chi connectivity index (χ4n) is 5.59. The van der Waals surface area contributed by atoms with Crippen LogP contribution in [0.25, 0.3) is 10.8 Å². The lowest BCUT2D eigenvalue weighted by atomic mass is 9.95. The molecule has 0 spiro atoms. The summed E-state index contributed by atoms with van der Waals surface area (Å²) in [7, 11) is 0. The number of amides is 1. The van der Waals surface area contributed by atoms with Gasteiger partial charge in [0.25, 0.3) is 0 Å². The average Bonchev–Trinajstić information content (AvgIpc) is 3.32. The van der Waals surface area contributed by atoms with Gasteiger partial charge in [0.05, 0.1) is 18.6 Å². The van der Waals surface area contributed by atoms with E-state index >= 15 is 0 Å². The molecule has 38 heavy (non-hydrogen) atoms. The summed E-state index contributed by atoms with van der Waals surface area (Å²) in [5, 5.41) is 2.33. The van der Waals surface area contributed by atoms with E-state index < -0.39 is 5.60 Å². The van der Waals surface area contributed by atoms with Crippen LogP contribution in [0, 0.1) is 0 Å². The Balaban J connectivity index is 1.54. The van der Waals surface area contributed by atoms with E-state index in [-0.39, 0.29) is 36.7 Å². The zero-order valence-electron chi connectivity index (χ0n) is 23.6. The first-order chi connectivity index (χ1) is 18.0. The van der Waals surface area contributed by atoms with Gasteiger partial charge < -0.3 is 9.47 Å². The summed E-state index contributed by atoms with van der Waals surface area (Å²) in [5.41, 5.74) is 2.76. The Morgan fingerprint density at radius 2 is 1.61 bits per heavy atom. The lowest BCUT2D eigenvalue weighted by molar-refractivity contribution is -0.146. The van der Waals surface area contributed by atoms with Crippen LogP contribution in [-0.4, -0.2) is 34.7 Å². The number of fused-ring (bicyclic) bond motifs is 1. The fraction of sp³-hybridized carbons (Fsp3) is 0.455. The second-order valence-electron chi connectivity index (χ2n) is 11.8. The Morgan fingerprint density at radius 1 is 0.921 bits per heavy atom. The Morgan fingerprint density at radius 3 is 2.29 bits per heavy atom. The molecule has 0 bridgehead atoms. The van der Waals surface area contributed by atoms with Crippen LogP contribution in [0.2, 0.25) is 0 Å². The van der Waals surface area contributed by atoms with Crippen molar-refractivity contribution in [2.75, 3.05) is 0 Å². The van der Waals surface area contributed by atoms with E-state index in [0.29, 0.717) is 5.92 Å². The molecule has 3 aromatic rings. The minimum absolute atomic E-state index is 0.0736. The maximum absolute atomic E-state index is 13.6. The van der Waals surface area contributed by atoms with E-state index in [2.05, 4.69) is 49.4 Å². The second-order valence-corrected chi connectivity index (χ2v) is 11.8. The summed E-state index contributed by atoms with van der Waals surface area (Å²) < 4.78 is 11.2. The number of esters is 1. The van der Waals surface area contributed by atoms with Gasteiger partial charge in [0.1, 0.15) is 5.60 Å². The molecule has 0 unspecified atom stereocenters. The molecule has 202 valence electrons. The second kappa shape index (κ2) is 11.6. The molecule has 5 nitrogen and oxygen atoms in total. The molecule has 0 heterocycles. The molecular formula is C33H41NO4. The smallest absolute Gasteiger partial charge is 0.411 e. The Hall–Kier alpha value is -3.34. The van der Waals surface area contributed by atoms with Gasteiger partial charge in [-0.1, -0.05) is 66.7 Å². The summed E-state index contributed by atoms with van der Waals surface area (Å²) in [6.45, 7) is 11.6. The predicted octanol–water partition coefficient (Wildman–Crippen LogP) is 7.97. The van der Waals surface area contributed by atoms with Gasteiger partial charge in [0.15, 0.2) is 0 Å². The first-order valence-corrected chi connectivity index (χ1v) is 13.8. The summed E-state index contributed by atoms with van der Waals surface area (Å²) in [4.78, 5) is 27.6. The van der Waals surface area contributed by atoms with Gasteiger partial charge >= 0.3 is 12.1 Å². The third-order valence-corrected chi connectivity index (χ3v) is 7.26. The van der Waals surface area contributed by atoms with Gasteiger partial charge in [0.2, 0.25) is 0 Å². The van der Waals surface area contributed by atoms with E-state index in [1.807, 2.05) is 63.8 Å². The van der Waals surface area contributed by atoms with Gasteiger partial charge in [-0.05, 0) is 94.2 Å². The third-order valence-electron chi connectivity index (χ3n) is 7.26. The normalized spacial score (nSPS) is 18.4. The number of rotatable bonds is 7. The first-order valence-electron chi connectivity index (χ1n) is 13.8. The molecule has 4 rings (SSSR count). The number of benzene rings is 3. The summed E-state index contributed by atoms with van der Waals surface area (Å²) in [5.74, 6) is 0.144. The van der Waals surface area contributed by atoms with Gasteiger partial charge in [-0.3, -0.25) is 9.69 Å². The maximum Gasteiger partial charge on any atom is 0.411 e. The molecule has 0 radical (unpaired) electrons. The summed E-state index contributed by atoms with van der Waals surface area (Å²) in [6.07, 6.45) is 2.70. The van der Waals surface area contributed by atoms with Gasteiger partial charge in [-0.15, -0.1) is 0 Å². The molecule has 0 N–H and O–H groups in total. The number of carbonyl (C=O) groups is 2. The van der Waals surface area contributed by atoms with E-state index in [1.54, 1.807) is 0 Å². The lowest BCUT2D eigenvalue weighted by Gasteiger charge is -2.37. The third kappa shape index (κ3) is 6.75. The minimum atomic E-state index is -0.571. The molecule has 3 atom stereocenters. The molecule has 1 fully saturated rings. The molecular weight excluding hydrogens is 474 g/mol. The van der Waals surface area contributed by atoms with Crippen molar-refractivity contribution in [3.05, 3.63) is 83.4 Å². The number of ether oxygens (including phenoxy) is 2. The monoisotopic (exact) mass is 515 g/mol. The van der Waals surface area contributed by atoms with Crippen LogP contribution >= 0.6 is 0 Å². The van der Waals surface area contributed by atoms with Crippen LogP contribution in [-0.2, 0) is 20.7 Å². The maximum atomic E-state index is 13.6. The van der Waals surface area contributed by atoms with Crippen LogP contribution < -0.4 is 0 Å². The van der Waals surface area contributed by atoms with Crippen molar-refractivity contribution in [3.63, 3.8) is 0 Å². The summed E-state index contributed by atoms with van der Waals surface area (Å²) >= 11 is 0. The van der Waals surface area contributed by atoms with E-state index in [4.69, 9.17) is 9.47 Å². The average molecular weight is 516 g/mol. The Bertz CT molecular complexity index is 1250. The zero-order chi connectivity index (χ0) is 27.4. The molecule has 1 aliphatic carbocycles. The van der Waals surface area contributed by atoms with Crippen molar-refractivity contribution in [1.82, 2.24) is 4.90 Å².